The van der Waals surface area contributed by atoms with Crippen LogP contribution in [0, 0.1) is 13.8 Å². The SMILES string of the molecule is CCOc1ccc(Nc2cc(Nc3cc(C)ccc3C)ncn2)cc1. The van der Waals surface area contributed by atoms with Gasteiger partial charge in [-0.15, -0.1) is 0 Å². The number of hydrogen-bond donors (Lipinski definition) is 2. The van der Waals surface area contributed by atoms with Crippen molar-refractivity contribution >= 4 is 23.0 Å². The van der Waals surface area contributed by atoms with Gasteiger partial charge in [-0.3, -0.25) is 0 Å². The van der Waals surface area contributed by atoms with E-state index in [9.17, 15) is 0 Å². The maximum Gasteiger partial charge on any atom is 0.135 e. The molecule has 0 aliphatic carbocycles. The molecule has 3 aromatic rings. The zero-order chi connectivity index (χ0) is 17.6. The van der Waals surface area contributed by atoms with Gasteiger partial charge in [0.15, 0.2) is 0 Å². The smallest absolute Gasteiger partial charge is 0.135 e. The van der Waals surface area contributed by atoms with E-state index in [-0.39, 0.29) is 0 Å². The summed E-state index contributed by atoms with van der Waals surface area (Å²) in [4.78, 5) is 8.58. The van der Waals surface area contributed by atoms with Crippen LogP contribution in [0.5, 0.6) is 5.75 Å². The first-order valence-corrected chi connectivity index (χ1v) is 8.30. The highest BCUT2D eigenvalue weighted by atomic mass is 16.5. The third kappa shape index (κ3) is 4.47. The minimum absolute atomic E-state index is 0.659. The van der Waals surface area contributed by atoms with E-state index in [0.29, 0.717) is 6.61 Å². The zero-order valence-corrected chi connectivity index (χ0v) is 14.7. The van der Waals surface area contributed by atoms with Gasteiger partial charge in [0.05, 0.1) is 6.61 Å². The van der Waals surface area contributed by atoms with Crippen molar-refractivity contribution in [3.05, 3.63) is 66.0 Å². The maximum absolute atomic E-state index is 5.45. The van der Waals surface area contributed by atoms with Gasteiger partial charge in [-0.2, -0.15) is 0 Å². The molecule has 25 heavy (non-hydrogen) atoms. The first kappa shape index (κ1) is 16.8. The van der Waals surface area contributed by atoms with Gasteiger partial charge < -0.3 is 15.4 Å². The topological polar surface area (TPSA) is 59.1 Å². The molecule has 0 aliphatic heterocycles. The monoisotopic (exact) mass is 334 g/mol. The molecule has 1 heterocycles. The number of benzene rings is 2. The van der Waals surface area contributed by atoms with E-state index in [1.165, 1.54) is 11.1 Å². The molecule has 2 N–H and O–H groups in total. The van der Waals surface area contributed by atoms with Crippen LogP contribution < -0.4 is 15.4 Å². The normalized spacial score (nSPS) is 10.4. The van der Waals surface area contributed by atoms with Crippen LogP contribution in [0.2, 0.25) is 0 Å². The lowest BCUT2D eigenvalue weighted by molar-refractivity contribution is 0.340. The molecule has 0 atom stereocenters. The summed E-state index contributed by atoms with van der Waals surface area (Å²) in [7, 11) is 0. The van der Waals surface area contributed by atoms with Crippen molar-refractivity contribution in [2.45, 2.75) is 20.8 Å². The Hall–Kier alpha value is -3.08. The highest BCUT2D eigenvalue weighted by Gasteiger charge is 2.03. The fourth-order valence-corrected chi connectivity index (χ4v) is 2.45. The molecular weight excluding hydrogens is 312 g/mol. The Kier molecular flexibility index (Phi) is 5.14. The molecule has 128 valence electrons. The quantitative estimate of drug-likeness (QED) is 0.666. The number of rotatable bonds is 6. The van der Waals surface area contributed by atoms with E-state index >= 15 is 0 Å². The Labute approximate surface area is 148 Å². The lowest BCUT2D eigenvalue weighted by Gasteiger charge is -2.11. The number of nitrogens with one attached hydrogen (secondary N) is 2. The highest BCUT2D eigenvalue weighted by molar-refractivity contribution is 5.65. The Balaban J connectivity index is 1.74. The van der Waals surface area contributed by atoms with Gasteiger partial charge in [0, 0.05) is 17.4 Å². The predicted octanol–water partition coefficient (Wildman–Crippen LogP) is 4.98. The minimum Gasteiger partial charge on any atom is -0.494 e. The lowest BCUT2D eigenvalue weighted by Crippen LogP contribution is -2.00. The van der Waals surface area contributed by atoms with E-state index in [1.54, 1.807) is 6.33 Å². The third-order valence-corrected chi connectivity index (χ3v) is 3.76. The van der Waals surface area contributed by atoms with Crippen molar-refractivity contribution in [3.63, 3.8) is 0 Å². The van der Waals surface area contributed by atoms with Crippen molar-refractivity contribution in [2.75, 3.05) is 17.2 Å². The number of anilines is 4. The van der Waals surface area contributed by atoms with Crippen molar-refractivity contribution in [2.24, 2.45) is 0 Å². The van der Waals surface area contributed by atoms with Crippen molar-refractivity contribution in [3.8, 4) is 5.75 Å². The fraction of sp³-hybridized carbons (Fsp3) is 0.200. The first-order valence-electron chi connectivity index (χ1n) is 8.30. The van der Waals surface area contributed by atoms with Gasteiger partial charge in [0.1, 0.15) is 23.7 Å². The summed E-state index contributed by atoms with van der Waals surface area (Å²) in [5.74, 6) is 2.33. The highest BCUT2D eigenvalue weighted by Crippen LogP contribution is 2.23. The van der Waals surface area contributed by atoms with Crippen molar-refractivity contribution in [1.29, 1.82) is 0 Å². The van der Waals surface area contributed by atoms with Gasteiger partial charge in [-0.25, -0.2) is 9.97 Å². The molecule has 0 unspecified atom stereocenters. The van der Waals surface area contributed by atoms with Crippen LogP contribution in [0.4, 0.5) is 23.0 Å². The van der Waals surface area contributed by atoms with Crippen molar-refractivity contribution in [1.82, 2.24) is 9.97 Å². The van der Waals surface area contributed by atoms with Crippen LogP contribution >= 0.6 is 0 Å². The summed E-state index contributed by atoms with van der Waals surface area (Å²) in [5.41, 5.74) is 4.37. The summed E-state index contributed by atoms with van der Waals surface area (Å²) in [6.07, 6.45) is 1.55. The lowest BCUT2D eigenvalue weighted by atomic mass is 10.1. The molecule has 2 aromatic carbocycles. The molecule has 0 saturated carbocycles. The molecule has 0 amide bonds. The molecule has 0 bridgehead atoms. The molecule has 5 nitrogen and oxygen atoms in total. The average molecular weight is 334 g/mol. The van der Waals surface area contributed by atoms with Crippen LogP contribution in [0.3, 0.4) is 0 Å². The predicted molar refractivity (Wildman–Crippen MR) is 102 cm³/mol. The maximum atomic E-state index is 5.45. The second-order valence-corrected chi connectivity index (χ2v) is 5.81. The van der Waals surface area contributed by atoms with Crippen LogP contribution in [-0.4, -0.2) is 16.6 Å². The summed E-state index contributed by atoms with van der Waals surface area (Å²) in [5, 5.41) is 6.63. The standard InChI is InChI=1S/C20H22N4O/c1-4-25-17-9-7-16(8-10-17)23-19-12-20(22-13-21-19)24-18-11-14(2)5-6-15(18)3/h5-13H,4H2,1-3H3,(H2,21,22,23,24). The molecule has 0 aliphatic rings. The molecular formula is C20H22N4O. The summed E-state index contributed by atoms with van der Waals surface area (Å²) < 4.78 is 5.45. The Morgan fingerprint density at radius 2 is 1.60 bits per heavy atom. The zero-order valence-electron chi connectivity index (χ0n) is 14.7. The van der Waals surface area contributed by atoms with E-state index < -0.39 is 0 Å². The van der Waals surface area contributed by atoms with Gasteiger partial charge in [0.25, 0.3) is 0 Å². The van der Waals surface area contributed by atoms with Crippen LogP contribution in [0.15, 0.2) is 54.9 Å². The van der Waals surface area contributed by atoms with Crippen molar-refractivity contribution < 1.29 is 4.74 Å². The molecule has 5 heteroatoms. The van der Waals surface area contributed by atoms with Gasteiger partial charge >= 0.3 is 0 Å². The van der Waals surface area contributed by atoms with Gasteiger partial charge in [0.2, 0.25) is 0 Å². The molecule has 0 radical (unpaired) electrons. The molecule has 0 fully saturated rings. The summed E-state index contributed by atoms with van der Waals surface area (Å²) >= 11 is 0. The molecule has 0 saturated heterocycles. The van der Waals surface area contributed by atoms with Crippen LogP contribution in [0.25, 0.3) is 0 Å². The van der Waals surface area contributed by atoms with E-state index in [2.05, 4.69) is 52.6 Å². The van der Waals surface area contributed by atoms with E-state index in [1.807, 2.05) is 37.3 Å². The summed E-state index contributed by atoms with van der Waals surface area (Å²) in [6, 6.07) is 16.0. The Bertz CT molecular complexity index is 847. The van der Waals surface area contributed by atoms with Crippen LogP contribution in [-0.2, 0) is 0 Å². The number of aromatic nitrogens is 2. The largest absolute Gasteiger partial charge is 0.494 e. The number of nitrogens with zero attached hydrogens (tertiary/aromatic N) is 2. The fourth-order valence-electron chi connectivity index (χ4n) is 2.45. The third-order valence-electron chi connectivity index (χ3n) is 3.76. The number of ether oxygens (including phenoxy) is 1. The summed E-state index contributed by atoms with van der Waals surface area (Å²) in [6.45, 7) is 6.77. The minimum atomic E-state index is 0.659. The van der Waals surface area contributed by atoms with Gasteiger partial charge in [-0.1, -0.05) is 12.1 Å². The van der Waals surface area contributed by atoms with Gasteiger partial charge in [-0.05, 0) is 62.2 Å². The van der Waals surface area contributed by atoms with E-state index in [4.69, 9.17) is 4.74 Å². The van der Waals surface area contributed by atoms with Crippen LogP contribution in [0.1, 0.15) is 18.1 Å². The van der Waals surface area contributed by atoms with E-state index in [0.717, 1.165) is 28.8 Å². The Morgan fingerprint density at radius 1 is 0.880 bits per heavy atom. The second-order valence-electron chi connectivity index (χ2n) is 5.81. The molecule has 0 spiro atoms. The number of aryl methyl sites for hydroxylation is 2. The first-order chi connectivity index (χ1) is 12.1. The molecule has 1 aromatic heterocycles. The molecule has 3 rings (SSSR count). The Morgan fingerprint density at radius 3 is 2.32 bits per heavy atom. The second kappa shape index (κ2) is 7.66. The number of hydrogen-bond acceptors (Lipinski definition) is 5. The average Bonchev–Trinajstić information content (AvgIpc) is 2.60.